The van der Waals surface area contributed by atoms with Crippen molar-refractivity contribution in [2.75, 3.05) is 19.7 Å². The van der Waals surface area contributed by atoms with Crippen molar-refractivity contribution in [3.05, 3.63) is 114 Å². The Balaban J connectivity index is 1.62. The first kappa shape index (κ1) is 26.4. The lowest BCUT2D eigenvalue weighted by Gasteiger charge is -2.26. The van der Waals surface area contributed by atoms with E-state index in [1.54, 1.807) is 41.5 Å². The van der Waals surface area contributed by atoms with Gasteiger partial charge in [0, 0.05) is 16.5 Å². The standard InChI is InChI=1S/C30H23ClN2O5S2/c1-3-36-29(35)25-26(17-7-5-4-6-8-17)32-30-33(27(25)18-9-11-20(39-2)12-10-18)28(34)24(40-30)14-19-13-22-23(15-21(19)31)38-16-37-22/h4-15,27H,3,16H2,1-2H3/b24-14-. The summed E-state index contributed by atoms with van der Waals surface area (Å²) in [5.74, 6) is 0.604. The number of thioether (sulfide) groups is 1. The fraction of sp³-hybridized carbons (Fsp3) is 0.167. The van der Waals surface area contributed by atoms with Crippen LogP contribution in [0.15, 0.2) is 87.0 Å². The molecule has 0 amide bonds. The normalized spacial score (nSPS) is 16.1. The van der Waals surface area contributed by atoms with Gasteiger partial charge >= 0.3 is 5.97 Å². The van der Waals surface area contributed by atoms with Crippen molar-refractivity contribution >= 4 is 52.4 Å². The third-order valence-electron chi connectivity index (χ3n) is 6.58. The molecule has 0 fully saturated rings. The van der Waals surface area contributed by atoms with Gasteiger partial charge in [0.25, 0.3) is 5.56 Å². The molecule has 0 bridgehead atoms. The molecule has 3 heterocycles. The number of carbonyl (C=O) groups is 1. The Morgan fingerprint density at radius 3 is 2.58 bits per heavy atom. The number of hydrogen-bond acceptors (Lipinski definition) is 8. The summed E-state index contributed by atoms with van der Waals surface area (Å²) in [5.41, 5.74) is 2.65. The van der Waals surface area contributed by atoms with Gasteiger partial charge in [0.15, 0.2) is 16.3 Å². The summed E-state index contributed by atoms with van der Waals surface area (Å²) in [6, 6.07) is 20.0. The minimum atomic E-state index is -0.740. The fourth-order valence-corrected chi connectivity index (χ4v) is 6.34. The number of rotatable bonds is 6. The Bertz CT molecular complexity index is 1830. The number of fused-ring (bicyclic) bond motifs is 2. The Labute approximate surface area is 243 Å². The van der Waals surface area contributed by atoms with Crippen LogP contribution in [0.5, 0.6) is 11.5 Å². The van der Waals surface area contributed by atoms with Crippen molar-refractivity contribution in [1.82, 2.24) is 4.57 Å². The Hall–Kier alpha value is -3.79. The first-order valence-electron chi connectivity index (χ1n) is 12.5. The van der Waals surface area contributed by atoms with E-state index in [1.165, 1.54) is 11.3 Å². The number of hydrogen-bond donors (Lipinski definition) is 0. The monoisotopic (exact) mass is 590 g/mol. The summed E-state index contributed by atoms with van der Waals surface area (Å²) >= 11 is 9.38. The quantitative estimate of drug-likeness (QED) is 0.231. The van der Waals surface area contributed by atoms with Crippen molar-refractivity contribution in [2.24, 2.45) is 4.99 Å². The van der Waals surface area contributed by atoms with E-state index in [4.69, 9.17) is 30.8 Å². The minimum Gasteiger partial charge on any atom is -0.463 e. The first-order chi connectivity index (χ1) is 19.5. The highest BCUT2D eigenvalue weighted by molar-refractivity contribution is 7.98. The maximum absolute atomic E-state index is 14.0. The maximum Gasteiger partial charge on any atom is 0.338 e. The molecule has 2 aliphatic rings. The smallest absolute Gasteiger partial charge is 0.338 e. The molecule has 0 spiro atoms. The molecule has 40 heavy (non-hydrogen) atoms. The van der Waals surface area contributed by atoms with Crippen LogP contribution in [0.2, 0.25) is 5.02 Å². The van der Waals surface area contributed by atoms with Gasteiger partial charge in [-0.15, -0.1) is 11.8 Å². The SMILES string of the molecule is CCOC(=O)C1=C(c2ccccc2)N=c2s/c(=C\c3cc4c(cc3Cl)OCO4)c(=O)n2C1c1ccc(SC)cc1. The molecule has 10 heteroatoms. The molecule has 2 aliphatic heterocycles. The van der Waals surface area contributed by atoms with Crippen LogP contribution in [-0.4, -0.2) is 30.2 Å². The molecule has 1 atom stereocenters. The number of halogens is 1. The zero-order chi connectivity index (χ0) is 27.8. The lowest BCUT2D eigenvalue weighted by Crippen LogP contribution is -2.40. The molecular formula is C30H23ClN2O5S2. The minimum absolute atomic E-state index is 0.117. The topological polar surface area (TPSA) is 79.1 Å². The molecule has 0 saturated carbocycles. The van der Waals surface area contributed by atoms with Gasteiger partial charge in [0.05, 0.1) is 33.5 Å². The number of ether oxygens (including phenoxy) is 3. The lowest BCUT2D eigenvalue weighted by atomic mass is 9.93. The Morgan fingerprint density at radius 2 is 1.88 bits per heavy atom. The largest absolute Gasteiger partial charge is 0.463 e. The van der Waals surface area contributed by atoms with Crippen LogP contribution >= 0.6 is 34.7 Å². The molecule has 0 radical (unpaired) electrons. The maximum atomic E-state index is 14.0. The molecular weight excluding hydrogens is 568 g/mol. The van der Waals surface area contributed by atoms with Crippen LogP contribution in [0.3, 0.4) is 0 Å². The molecule has 1 aromatic heterocycles. The van der Waals surface area contributed by atoms with Gasteiger partial charge in [-0.25, -0.2) is 9.79 Å². The van der Waals surface area contributed by atoms with E-state index in [0.29, 0.717) is 42.7 Å². The van der Waals surface area contributed by atoms with E-state index in [1.807, 2.05) is 60.9 Å². The van der Waals surface area contributed by atoms with Crippen LogP contribution in [0.25, 0.3) is 11.8 Å². The van der Waals surface area contributed by atoms with E-state index in [2.05, 4.69) is 0 Å². The predicted molar refractivity (Wildman–Crippen MR) is 157 cm³/mol. The lowest BCUT2D eigenvalue weighted by molar-refractivity contribution is -0.138. The van der Waals surface area contributed by atoms with Gasteiger partial charge in [-0.2, -0.15) is 0 Å². The van der Waals surface area contributed by atoms with Crippen LogP contribution in [0.1, 0.15) is 29.7 Å². The fourth-order valence-electron chi connectivity index (χ4n) is 4.73. The first-order valence-corrected chi connectivity index (χ1v) is 14.9. The summed E-state index contributed by atoms with van der Waals surface area (Å²) in [7, 11) is 0. The average Bonchev–Trinajstić information content (AvgIpc) is 3.56. The van der Waals surface area contributed by atoms with E-state index in [-0.39, 0.29) is 19.0 Å². The molecule has 202 valence electrons. The van der Waals surface area contributed by atoms with E-state index >= 15 is 0 Å². The Kier molecular flexibility index (Phi) is 7.27. The number of nitrogens with zero attached hydrogens (tertiary/aromatic N) is 2. The van der Waals surface area contributed by atoms with Gasteiger partial charge < -0.3 is 14.2 Å². The molecule has 0 aliphatic carbocycles. The second kappa shape index (κ2) is 11.0. The predicted octanol–water partition coefficient (Wildman–Crippen LogP) is 5.04. The van der Waals surface area contributed by atoms with Crippen molar-refractivity contribution < 1.29 is 19.0 Å². The highest BCUT2D eigenvalue weighted by Gasteiger charge is 2.35. The molecule has 3 aromatic carbocycles. The second-order valence-electron chi connectivity index (χ2n) is 8.93. The number of benzene rings is 3. The van der Waals surface area contributed by atoms with E-state index in [9.17, 15) is 9.59 Å². The van der Waals surface area contributed by atoms with Crippen molar-refractivity contribution in [3.63, 3.8) is 0 Å². The van der Waals surface area contributed by atoms with Crippen molar-refractivity contribution in [3.8, 4) is 11.5 Å². The van der Waals surface area contributed by atoms with Gasteiger partial charge in [-0.1, -0.05) is 65.4 Å². The Morgan fingerprint density at radius 1 is 1.15 bits per heavy atom. The molecule has 7 nitrogen and oxygen atoms in total. The molecule has 6 rings (SSSR count). The molecule has 4 aromatic rings. The number of esters is 1. The summed E-state index contributed by atoms with van der Waals surface area (Å²) in [5, 5.41) is 0.427. The van der Waals surface area contributed by atoms with Gasteiger partial charge in [-0.3, -0.25) is 9.36 Å². The summed E-state index contributed by atoms with van der Waals surface area (Å²) in [6.07, 6.45) is 3.72. The van der Waals surface area contributed by atoms with Crippen molar-refractivity contribution in [1.29, 1.82) is 0 Å². The van der Waals surface area contributed by atoms with Crippen LogP contribution < -0.4 is 24.4 Å². The third-order valence-corrected chi connectivity index (χ3v) is 8.64. The highest BCUT2D eigenvalue weighted by Crippen LogP contribution is 2.38. The summed E-state index contributed by atoms with van der Waals surface area (Å²) in [6.45, 7) is 2.06. The number of carbonyl (C=O) groups excluding carboxylic acids is 1. The number of aromatic nitrogens is 1. The third kappa shape index (κ3) is 4.74. The van der Waals surface area contributed by atoms with Crippen molar-refractivity contribution in [2.45, 2.75) is 17.9 Å². The van der Waals surface area contributed by atoms with Gasteiger partial charge in [0.2, 0.25) is 6.79 Å². The van der Waals surface area contributed by atoms with Crippen LogP contribution in [-0.2, 0) is 9.53 Å². The summed E-state index contributed by atoms with van der Waals surface area (Å²) in [4.78, 5) is 34.0. The van der Waals surface area contributed by atoms with Crippen LogP contribution in [0, 0.1) is 0 Å². The number of thiazole rings is 1. The molecule has 0 N–H and O–H groups in total. The molecule has 0 saturated heterocycles. The van der Waals surface area contributed by atoms with Crippen LogP contribution in [0.4, 0.5) is 0 Å². The van der Waals surface area contributed by atoms with E-state index < -0.39 is 12.0 Å². The zero-order valence-corrected chi connectivity index (χ0v) is 23.9. The molecule has 1 unspecified atom stereocenters. The average molecular weight is 591 g/mol. The zero-order valence-electron chi connectivity index (χ0n) is 21.5. The second-order valence-corrected chi connectivity index (χ2v) is 11.2. The highest BCUT2D eigenvalue weighted by atomic mass is 35.5. The van der Waals surface area contributed by atoms with Gasteiger partial charge in [0.1, 0.15) is 0 Å². The van der Waals surface area contributed by atoms with E-state index in [0.717, 1.165) is 16.0 Å². The van der Waals surface area contributed by atoms with Gasteiger partial charge in [-0.05, 0) is 48.6 Å². The summed E-state index contributed by atoms with van der Waals surface area (Å²) < 4.78 is 18.4.